The van der Waals surface area contributed by atoms with Gasteiger partial charge in [-0.1, -0.05) is 0 Å². The number of thiophene rings is 1. The maximum atomic E-state index is 11.7. The summed E-state index contributed by atoms with van der Waals surface area (Å²) in [4.78, 5) is 14.5. The third-order valence-electron chi connectivity index (χ3n) is 2.47. The molecule has 0 saturated carbocycles. The van der Waals surface area contributed by atoms with Gasteiger partial charge in [-0.3, -0.25) is 4.79 Å². The fraction of sp³-hybridized carbons (Fsp3) is 0.500. The average Bonchev–Trinajstić information content (AvgIpc) is 2.78. The molecule has 17 heavy (non-hydrogen) atoms. The summed E-state index contributed by atoms with van der Waals surface area (Å²) in [6.45, 7) is 6.42. The van der Waals surface area contributed by atoms with Crippen LogP contribution >= 0.6 is 11.3 Å². The standard InChI is InChI=1S/C12H17N3OS/c1-3-15(4-2)12(16)8-14-7-11-5-10(6-13)9-17-11/h5,9,14H,3-4,7-8H2,1-2H3. The lowest BCUT2D eigenvalue weighted by molar-refractivity contribution is -0.129. The Bertz CT molecular complexity index is 404. The zero-order chi connectivity index (χ0) is 12.7. The smallest absolute Gasteiger partial charge is 0.236 e. The highest BCUT2D eigenvalue weighted by molar-refractivity contribution is 7.10. The lowest BCUT2D eigenvalue weighted by atomic mass is 10.3. The third kappa shape index (κ3) is 4.17. The number of hydrogen-bond donors (Lipinski definition) is 1. The highest BCUT2D eigenvalue weighted by atomic mass is 32.1. The van der Waals surface area contributed by atoms with Crippen molar-refractivity contribution in [2.24, 2.45) is 0 Å². The first kappa shape index (κ1) is 13.7. The van der Waals surface area contributed by atoms with Crippen molar-refractivity contribution in [3.8, 4) is 6.07 Å². The second kappa shape index (κ2) is 7.05. The number of hydrogen-bond acceptors (Lipinski definition) is 4. The Kier molecular flexibility index (Phi) is 5.67. The van der Waals surface area contributed by atoms with E-state index in [0.29, 0.717) is 18.7 Å². The molecule has 0 atom stereocenters. The molecular formula is C12H17N3OS. The summed E-state index contributed by atoms with van der Waals surface area (Å²) in [5.41, 5.74) is 0.682. The van der Waals surface area contributed by atoms with Gasteiger partial charge < -0.3 is 10.2 Å². The van der Waals surface area contributed by atoms with Crippen LogP contribution in [0.25, 0.3) is 0 Å². The number of likely N-dealkylation sites (N-methyl/N-ethyl adjacent to an activating group) is 1. The molecule has 0 aliphatic heterocycles. The molecule has 5 heteroatoms. The summed E-state index contributed by atoms with van der Waals surface area (Å²) in [5.74, 6) is 0.118. The van der Waals surface area contributed by atoms with Gasteiger partial charge in [-0.05, 0) is 19.9 Å². The zero-order valence-corrected chi connectivity index (χ0v) is 11.0. The van der Waals surface area contributed by atoms with Crippen LogP contribution in [0, 0.1) is 11.3 Å². The molecule has 0 spiro atoms. The summed E-state index contributed by atoms with van der Waals surface area (Å²) in [7, 11) is 0. The summed E-state index contributed by atoms with van der Waals surface area (Å²) in [6, 6.07) is 3.94. The number of nitrogens with one attached hydrogen (secondary N) is 1. The van der Waals surface area contributed by atoms with E-state index >= 15 is 0 Å². The van der Waals surface area contributed by atoms with Gasteiger partial charge in [0.05, 0.1) is 12.1 Å². The Morgan fingerprint density at radius 3 is 2.76 bits per heavy atom. The van der Waals surface area contributed by atoms with Crippen LogP contribution in [0.15, 0.2) is 11.4 Å². The molecule has 0 saturated heterocycles. The van der Waals surface area contributed by atoms with Crippen LogP contribution in [-0.4, -0.2) is 30.4 Å². The molecular weight excluding hydrogens is 234 g/mol. The Balaban J connectivity index is 2.33. The van der Waals surface area contributed by atoms with Gasteiger partial charge in [0.15, 0.2) is 0 Å². The van der Waals surface area contributed by atoms with Gasteiger partial charge in [0.1, 0.15) is 6.07 Å². The van der Waals surface area contributed by atoms with E-state index in [-0.39, 0.29) is 5.91 Å². The van der Waals surface area contributed by atoms with E-state index in [4.69, 9.17) is 5.26 Å². The number of amides is 1. The number of rotatable bonds is 6. The van der Waals surface area contributed by atoms with E-state index in [9.17, 15) is 4.79 Å². The molecule has 4 nitrogen and oxygen atoms in total. The van der Waals surface area contributed by atoms with Gasteiger partial charge in [-0.25, -0.2) is 0 Å². The molecule has 0 fully saturated rings. The molecule has 0 bridgehead atoms. The van der Waals surface area contributed by atoms with Crippen LogP contribution in [0.3, 0.4) is 0 Å². The molecule has 0 aliphatic rings. The van der Waals surface area contributed by atoms with Crippen LogP contribution in [0.4, 0.5) is 0 Å². The highest BCUT2D eigenvalue weighted by Gasteiger charge is 2.08. The first-order valence-corrected chi connectivity index (χ1v) is 6.55. The molecule has 1 heterocycles. The normalized spacial score (nSPS) is 9.94. The summed E-state index contributed by atoms with van der Waals surface area (Å²) in [5, 5.41) is 13.6. The molecule has 1 amide bonds. The van der Waals surface area contributed by atoms with E-state index in [0.717, 1.165) is 18.0 Å². The van der Waals surface area contributed by atoms with Crippen molar-refractivity contribution in [3.05, 3.63) is 21.9 Å². The average molecular weight is 251 g/mol. The second-order valence-corrected chi connectivity index (χ2v) is 4.58. The van der Waals surface area contributed by atoms with Crippen LogP contribution in [-0.2, 0) is 11.3 Å². The third-order valence-corrected chi connectivity index (χ3v) is 3.41. The number of carbonyl (C=O) groups is 1. The Morgan fingerprint density at radius 1 is 1.53 bits per heavy atom. The maximum Gasteiger partial charge on any atom is 0.236 e. The van der Waals surface area contributed by atoms with Gasteiger partial charge in [0, 0.05) is 29.9 Å². The van der Waals surface area contributed by atoms with E-state index in [1.807, 2.05) is 25.3 Å². The zero-order valence-electron chi connectivity index (χ0n) is 10.2. The second-order valence-electron chi connectivity index (χ2n) is 3.58. The molecule has 0 aliphatic carbocycles. The van der Waals surface area contributed by atoms with Crippen molar-refractivity contribution >= 4 is 17.2 Å². The molecule has 92 valence electrons. The first-order chi connectivity index (χ1) is 8.21. The van der Waals surface area contributed by atoms with E-state index in [1.165, 1.54) is 11.3 Å². The predicted molar refractivity (Wildman–Crippen MR) is 68.7 cm³/mol. The molecule has 0 unspecified atom stereocenters. The molecule has 0 aromatic carbocycles. The molecule has 1 aromatic heterocycles. The fourth-order valence-electron chi connectivity index (χ4n) is 1.51. The van der Waals surface area contributed by atoms with Crippen molar-refractivity contribution in [2.75, 3.05) is 19.6 Å². The minimum absolute atomic E-state index is 0.118. The van der Waals surface area contributed by atoms with Crippen LogP contribution in [0.2, 0.25) is 0 Å². The number of nitrogens with zero attached hydrogens (tertiary/aromatic N) is 2. The molecule has 0 radical (unpaired) electrons. The van der Waals surface area contributed by atoms with Crippen LogP contribution in [0.5, 0.6) is 0 Å². The number of carbonyl (C=O) groups excluding carboxylic acids is 1. The van der Waals surface area contributed by atoms with E-state index in [1.54, 1.807) is 4.90 Å². The largest absolute Gasteiger partial charge is 0.342 e. The van der Waals surface area contributed by atoms with Gasteiger partial charge >= 0.3 is 0 Å². The Morgan fingerprint density at radius 2 is 2.24 bits per heavy atom. The van der Waals surface area contributed by atoms with E-state index < -0.39 is 0 Å². The maximum absolute atomic E-state index is 11.7. The van der Waals surface area contributed by atoms with Gasteiger partial charge in [-0.2, -0.15) is 5.26 Å². The quantitative estimate of drug-likeness (QED) is 0.835. The fourth-order valence-corrected chi connectivity index (χ4v) is 2.29. The summed E-state index contributed by atoms with van der Waals surface area (Å²) < 4.78 is 0. The lowest BCUT2D eigenvalue weighted by Crippen LogP contribution is -2.37. The van der Waals surface area contributed by atoms with Gasteiger partial charge in [-0.15, -0.1) is 11.3 Å². The predicted octanol–water partition coefficient (Wildman–Crippen LogP) is 1.58. The topological polar surface area (TPSA) is 56.1 Å². The van der Waals surface area contributed by atoms with Crippen molar-refractivity contribution in [3.63, 3.8) is 0 Å². The van der Waals surface area contributed by atoms with Crippen LogP contribution < -0.4 is 5.32 Å². The first-order valence-electron chi connectivity index (χ1n) is 5.67. The Labute approximate surface area is 106 Å². The molecule has 1 aromatic rings. The van der Waals surface area contributed by atoms with Crippen LogP contribution in [0.1, 0.15) is 24.3 Å². The minimum Gasteiger partial charge on any atom is -0.342 e. The Hall–Kier alpha value is -1.38. The monoisotopic (exact) mass is 251 g/mol. The van der Waals surface area contributed by atoms with E-state index in [2.05, 4.69) is 11.4 Å². The van der Waals surface area contributed by atoms with Gasteiger partial charge in [0.2, 0.25) is 5.91 Å². The SMILES string of the molecule is CCN(CC)C(=O)CNCc1cc(C#N)cs1. The minimum atomic E-state index is 0.118. The summed E-state index contributed by atoms with van der Waals surface area (Å²) in [6.07, 6.45) is 0. The number of nitriles is 1. The highest BCUT2D eigenvalue weighted by Crippen LogP contribution is 2.13. The van der Waals surface area contributed by atoms with Crippen molar-refractivity contribution in [2.45, 2.75) is 20.4 Å². The molecule has 1 N–H and O–H groups in total. The summed E-state index contributed by atoms with van der Waals surface area (Å²) >= 11 is 1.54. The van der Waals surface area contributed by atoms with Gasteiger partial charge in [0.25, 0.3) is 0 Å². The lowest BCUT2D eigenvalue weighted by Gasteiger charge is -2.18. The van der Waals surface area contributed by atoms with Crippen molar-refractivity contribution < 1.29 is 4.79 Å². The van der Waals surface area contributed by atoms with Crippen molar-refractivity contribution in [1.29, 1.82) is 5.26 Å². The molecule has 1 rings (SSSR count). The van der Waals surface area contributed by atoms with Crippen molar-refractivity contribution in [1.82, 2.24) is 10.2 Å².